The van der Waals surface area contributed by atoms with Crippen molar-refractivity contribution in [1.29, 1.82) is 0 Å². The number of hydrogen-bond acceptors (Lipinski definition) is 2. The maximum Gasteiger partial charge on any atom is 0.0856 e. The van der Waals surface area contributed by atoms with Gasteiger partial charge in [0.25, 0.3) is 0 Å². The Morgan fingerprint density at radius 2 is 1.78 bits per heavy atom. The fourth-order valence-electron chi connectivity index (χ4n) is 1.61. The van der Waals surface area contributed by atoms with Crippen LogP contribution in [-0.2, 0) is 6.42 Å². The van der Waals surface area contributed by atoms with Crippen molar-refractivity contribution in [3.63, 3.8) is 0 Å². The average Bonchev–Trinajstić information content (AvgIpc) is 2.32. The van der Waals surface area contributed by atoms with Gasteiger partial charge in [-0.05, 0) is 45.8 Å². The summed E-state index contributed by atoms with van der Waals surface area (Å²) in [5.41, 5.74) is 1.73. The minimum absolute atomic E-state index is 0.494. The summed E-state index contributed by atoms with van der Waals surface area (Å²) in [5.74, 6) is 0. The van der Waals surface area contributed by atoms with Crippen molar-refractivity contribution in [2.24, 2.45) is 0 Å². The predicted octanol–water partition coefficient (Wildman–Crippen LogP) is 4.65. The van der Waals surface area contributed by atoms with Gasteiger partial charge in [0.2, 0.25) is 0 Å². The Kier molecular flexibility index (Phi) is 4.95. The molecule has 18 heavy (non-hydrogen) atoms. The number of hydrogen-bond donors (Lipinski definition) is 1. The van der Waals surface area contributed by atoms with E-state index in [1.807, 2.05) is 30.3 Å². The van der Waals surface area contributed by atoms with E-state index in [1.54, 1.807) is 6.20 Å². The number of aliphatic hydroxyl groups excluding tert-OH is 1. The van der Waals surface area contributed by atoms with Crippen LogP contribution in [0.1, 0.15) is 17.4 Å². The highest BCUT2D eigenvalue weighted by Gasteiger charge is 2.13. The molecule has 0 saturated carbocycles. The number of aliphatic hydroxyl groups is 1. The van der Waals surface area contributed by atoms with E-state index in [9.17, 15) is 5.11 Å². The quantitative estimate of drug-likeness (QED) is 0.761. The zero-order chi connectivity index (χ0) is 13.1. The van der Waals surface area contributed by atoms with Crippen molar-refractivity contribution in [2.75, 3.05) is 0 Å². The van der Waals surface area contributed by atoms with Crippen LogP contribution >= 0.6 is 47.8 Å². The van der Waals surface area contributed by atoms with Crippen LogP contribution in [0.3, 0.4) is 0 Å². The van der Waals surface area contributed by atoms with E-state index in [2.05, 4.69) is 52.8 Å². The molecule has 0 aliphatic carbocycles. The van der Waals surface area contributed by atoms with Crippen molar-refractivity contribution in [3.8, 4) is 0 Å². The maximum atomic E-state index is 10.2. The Bertz CT molecular complexity index is 542. The molecular weight excluding hydrogens is 426 g/mol. The lowest BCUT2D eigenvalue weighted by Crippen LogP contribution is -2.04. The first-order valence-electron chi connectivity index (χ1n) is 5.29. The van der Waals surface area contributed by atoms with Crippen molar-refractivity contribution >= 4 is 47.8 Å². The third kappa shape index (κ3) is 3.63. The first-order chi connectivity index (χ1) is 8.56. The molecule has 0 amide bonds. The van der Waals surface area contributed by atoms with Gasteiger partial charge in [-0.15, -0.1) is 0 Å². The van der Waals surface area contributed by atoms with Gasteiger partial charge in [0.1, 0.15) is 0 Å². The Hall–Kier alpha value is -0.230. The Morgan fingerprint density at radius 3 is 2.39 bits per heavy atom. The SMILES string of the molecule is OC(Cc1ccc(Br)cn1)c1ccc(Br)cc1Br. The Morgan fingerprint density at radius 1 is 1.06 bits per heavy atom. The molecule has 2 nitrogen and oxygen atoms in total. The summed E-state index contributed by atoms with van der Waals surface area (Å²) in [6.07, 6.45) is 1.66. The molecule has 0 radical (unpaired) electrons. The largest absolute Gasteiger partial charge is 0.388 e. The van der Waals surface area contributed by atoms with Gasteiger partial charge in [0.05, 0.1) is 6.10 Å². The third-order valence-corrected chi connectivity index (χ3v) is 4.16. The second-order valence-electron chi connectivity index (χ2n) is 3.85. The van der Waals surface area contributed by atoms with E-state index in [-0.39, 0.29) is 0 Å². The highest BCUT2D eigenvalue weighted by Crippen LogP contribution is 2.28. The minimum atomic E-state index is -0.568. The van der Waals surface area contributed by atoms with Crippen LogP contribution in [0.5, 0.6) is 0 Å². The van der Waals surface area contributed by atoms with Crippen LogP contribution in [0.4, 0.5) is 0 Å². The smallest absolute Gasteiger partial charge is 0.0856 e. The molecule has 0 fully saturated rings. The number of nitrogens with zero attached hydrogens (tertiary/aromatic N) is 1. The molecule has 5 heteroatoms. The van der Waals surface area contributed by atoms with Gasteiger partial charge >= 0.3 is 0 Å². The summed E-state index contributed by atoms with van der Waals surface area (Å²) in [6, 6.07) is 9.56. The molecule has 0 aliphatic rings. The van der Waals surface area contributed by atoms with E-state index < -0.39 is 6.10 Å². The first-order valence-corrected chi connectivity index (χ1v) is 7.67. The molecule has 94 valence electrons. The van der Waals surface area contributed by atoms with Crippen molar-refractivity contribution in [1.82, 2.24) is 4.98 Å². The molecule has 1 heterocycles. The maximum absolute atomic E-state index is 10.2. The molecule has 1 unspecified atom stereocenters. The van der Waals surface area contributed by atoms with Crippen LogP contribution in [0.2, 0.25) is 0 Å². The number of benzene rings is 1. The standard InChI is InChI=1S/C13H10Br3NO/c14-8-2-4-11(12(16)5-8)13(18)6-10-3-1-9(15)7-17-10/h1-5,7,13,18H,6H2. The molecule has 0 saturated heterocycles. The third-order valence-electron chi connectivity index (χ3n) is 2.51. The lowest BCUT2D eigenvalue weighted by Gasteiger charge is -2.12. The zero-order valence-corrected chi connectivity index (χ0v) is 14.0. The van der Waals surface area contributed by atoms with Gasteiger partial charge in [-0.2, -0.15) is 0 Å². The summed E-state index contributed by atoms with van der Waals surface area (Å²) in [7, 11) is 0. The average molecular weight is 436 g/mol. The first kappa shape index (κ1) is 14.2. The van der Waals surface area contributed by atoms with E-state index in [0.29, 0.717) is 6.42 Å². The molecular formula is C13H10Br3NO. The van der Waals surface area contributed by atoms with Gasteiger partial charge in [0.15, 0.2) is 0 Å². The fraction of sp³-hybridized carbons (Fsp3) is 0.154. The van der Waals surface area contributed by atoms with Crippen molar-refractivity contribution in [3.05, 3.63) is 61.2 Å². The van der Waals surface area contributed by atoms with Gasteiger partial charge in [-0.3, -0.25) is 4.98 Å². The second-order valence-corrected chi connectivity index (χ2v) is 6.54. The fourth-order valence-corrected chi connectivity index (χ4v) is 3.15. The van der Waals surface area contributed by atoms with Crippen molar-refractivity contribution < 1.29 is 5.11 Å². The molecule has 1 atom stereocenters. The number of pyridine rings is 1. The second kappa shape index (κ2) is 6.28. The summed E-state index contributed by atoms with van der Waals surface area (Å²) < 4.78 is 2.80. The van der Waals surface area contributed by atoms with Gasteiger partial charge < -0.3 is 5.11 Å². The molecule has 0 bridgehead atoms. The van der Waals surface area contributed by atoms with E-state index in [1.165, 1.54) is 0 Å². The molecule has 1 N–H and O–H groups in total. The van der Waals surface area contributed by atoms with Gasteiger partial charge in [-0.25, -0.2) is 0 Å². The van der Waals surface area contributed by atoms with E-state index >= 15 is 0 Å². The van der Waals surface area contributed by atoms with Crippen LogP contribution in [0, 0.1) is 0 Å². The zero-order valence-electron chi connectivity index (χ0n) is 9.28. The Labute approximate surface area is 131 Å². The number of halogens is 3. The highest BCUT2D eigenvalue weighted by molar-refractivity contribution is 9.11. The number of rotatable bonds is 3. The molecule has 1 aromatic carbocycles. The van der Waals surface area contributed by atoms with Crippen molar-refractivity contribution in [2.45, 2.75) is 12.5 Å². The van der Waals surface area contributed by atoms with Crippen LogP contribution < -0.4 is 0 Å². The normalized spacial score (nSPS) is 12.4. The predicted molar refractivity (Wildman–Crippen MR) is 82.4 cm³/mol. The molecule has 2 rings (SSSR count). The van der Waals surface area contributed by atoms with Crippen LogP contribution in [0.15, 0.2) is 49.9 Å². The molecule has 2 aromatic rings. The molecule has 1 aromatic heterocycles. The number of aromatic nitrogens is 1. The molecule has 0 aliphatic heterocycles. The van der Waals surface area contributed by atoms with E-state index in [4.69, 9.17) is 0 Å². The Balaban J connectivity index is 2.16. The minimum Gasteiger partial charge on any atom is -0.388 e. The summed E-state index contributed by atoms with van der Waals surface area (Å²) in [4.78, 5) is 4.26. The van der Waals surface area contributed by atoms with Gasteiger partial charge in [0, 0.05) is 31.7 Å². The van der Waals surface area contributed by atoms with Crippen LogP contribution in [-0.4, -0.2) is 10.1 Å². The van der Waals surface area contributed by atoms with Gasteiger partial charge in [-0.1, -0.05) is 37.9 Å². The topological polar surface area (TPSA) is 33.1 Å². The summed E-state index contributed by atoms with van der Waals surface area (Å²) in [5, 5.41) is 10.2. The van der Waals surface area contributed by atoms with Crippen LogP contribution in [0.25, 0.3) is 0 Å². The molecule has 0 spiro atoms. The highest BCUT2D eigenvalue weighted by atomic mass is 79.9. The summed E-state index contributed by atoms with van der Waals surface area (Å²) >= 11 is 10.2. The lowest BCUT2D eigenvalue weighted by atomic mass is 10.0. The van der Waals surface area contributed by atoms with E-state index in [0.717, 1.165) is 24.7 Å². The summed E-state index contributed by atoms with van der Waals surface area (Å²) in [6.45, 7) is 0. The monoisotopic (exact) mass is 433 g/mol. The lowest BCUT2D eigenvalue weighted by molar-refractivity contribution is 0.176.